The fourth-order valence-corrected chi connectivity index (χ4v) is 4.07. The zero-order valence-corrected chi connectivity index (χ0v) is 19.0. The number of nitrogens with zero attached hydrogens (tertiary/aromatic N) is 3. The van der Waals surface area contributed by atoms with Gasteiger partial charge in [-0.3, -0.25) is 19.5 Å². The quantitative estimate of drug-likeness (QED) is 0.512. The maximum absolute atomic E-state index is 13.4. The number of anilines is 2. The molecule has 33 heavy (non-hydrogen) atoms. The van der Waals surface area contributed by atoms with Gasteiger partial charge in [0.1, 0.15) is 11.8 Å². The Labute approximate surface area is 198 Å². The standard InChI is InChI=1S/C25H24N4O3S/c1-2-32-21-13-11-18(12-14-21)27-23(30)16-22-24(31)29(20-9-4-3-5-10-20)25(33)28(22)17-19-8-6-7-15-26-19/h3-15,22H,2,16-17H2,1H3,(H,27,30)/t22-/m0/s1. The summed E-state index contributed by atoms with van der Waals surface area (Å²) in [5, 5.41) is 3.22. The van der Waals surface area contributed by atoms with E-state index in [9.17, 15) is 9.59 Å². The molecule has 0 saturated carbocycles. The van der Waals surface area contributed by atoms with E-state index in [-0.39, 0.29) is 18.2 Å². The third kappa shape index (κ3) is 5.18. The largest absolute Gasteiger partial charge is 0.494 e. The Morgan fingerprint density at radius 3 is 2.45 bits per heavy atom. The van der Waals surface area contributed by atoms with Crippen LogP contribution in [-0.4, -0.2) is 39.5 Å². The normalized spacial score (nSPS) is 15.6. The van der Waals surface area contributed by atoms with E-state index < -0.39 is 6.04 Å². The highest BCUT2D eigenvalue weighted by Gasteiger charge is 2.44. The molecule has 1 N–H and O–H groups in total. The van der Waals surface area contributed by atoms with Gasteiger partial charge in [0.2, 0.25) is 5.91 Å². The second-order valence-corrected chi connectivity index (χ2v) is 7.83. The highest BCUT2D eigenvalue weighted by molar-refractivity contribution is 7.80. The predicted molar refractivity (Wildman–Crippen MR) is 131 cm³/mol. The van der Waals surface area contributed by atoms with Gasteiger partial charge in [-0.05, 0) is 67.7 Å². The molecule has 7 nitrogen and oxygen atoms in total. The lowest BCUT2D eigenvalue weighted by atomic mass is 10.1. The minimum atomic E-state index is -0.734. The number of nitrogens with one attached hydrogen (secondary N) is 1. The van der Waals surface area contributed by atoms with Gasteiger partial charge in [0.25, 0.3) is 5.91 Å². The molecule has 4 rings (SSSR count). The summed E-state index contributed by atoms with van der Waals surface area (Å²) in [7, 11) is 0. The Morgan fingerprint density at radius 2 is 1.79 bits per heavy atom. The summed E-state index contributed by atoms with van der Waals surface area (Å²) < 4.78 is 5.43. The number of ether oxygens (including phenoxy) is 1. The van der Waals surface area contributed by atoms with Crippen LogP contribution in [0.15, 0.2) is 79.0 Å². The average Bonchev–Trinajstić information content (AvgIpc) is 3.05. The molecular weight excluding hydrogens is 436 g/mol. The van der Waals surface area contributed by atoms with Crippen LogP contribution in [0.2, 0.25) is 0 Å². The number of rotatable bonds is 8. The number of para-hydroxylation sites is 1. The lowest BCUT2D eigenvalue weighted by Gasteiger charge is -2.23. The molecule has 168 valence electrons. The number of pyridine rings is 1. The molecule has 2 amide bonds. The Balaban J connectivity index is 1.54. The van der Waals surface area contributed by atoms with Gasteiger partial charge in [-0.15, -0.1) is 0 Å². The molecule has 0 unspecified atom stereocenters. The van der Waals surface area contributed by atoms with Crippen molar-refractivity contribution in [3.8, 4) is 5.75 Å². The first-order chi connectivity index (χ1) is 16.1. The maximum atomic E-state index is 13.4. The Kier molecular flexibility index (Phi) is 6.95. The molecule has 0 bridgehead atoms. The average molecular weight is 461 g/mol. The summed E-state index contributed by atoms with van der Waals surface area (Å²) in [6, 6.07) is 21.2. The number of aromatic nitrogens is 1. The van der Waals surface area contributed by atoms with E-state index in [1.165, 1.54) is 4.90 Å². The van der Waals surface area contributed by atoms with Gasteiger partial charge in [0.15, 0.2) is 5.11 Å². The second kappa shape index (κ2) is 10.2. The number of hydrogen-bond donors (Lipinski definition) is 1. The monoisotopic (exact) mass is 460 g/mol. The Bertz CT molecular complexity index is 1120. The molecule has 1 atom stereocenters. The van der Waals surface area contributed by atoms with Crippen LogP contribution in [-0.2, 0) is 16.1 Å². The summed E-state index contributed by atoms with van der Waals surface area (Å²) in [5.74, 6) is 0.220. The predicted octanol–water partition coefficient (Wildman–Crippen LogP) is 4.01. The van der Waals surface area contributed by atoms with Crippen LogP contribution < -0.4 is 15.0 Å². The SMILES string of the molecule is CCOc1ccc(NC(=O)C[C@H]2C(=O)N(c3ccccc3)C(=S)N2Cc2ccccn2)cc1. The molecular formula is C25H24N4O3S. The van der Waals surface area contributed by atoms with E-state index in [1.807, 2.05) is 55.5 Å². The topological polar surface area (TPSA) is 74.8 Å². The molecule has 2 aromatic carbocycles. The lowest BCUT2D eigenvalue weighted by Crippen LogP contribution is -2.37. The number of amides is 2. The van der Waals surface area contributed by atoms with Crippen molar-refractivity contribution < 1.29 is 14.3 Å². The fraction of sp³-hybridized carbons (Fsp3) is 0.200. The van der Waals surface area contributed by atoms with Gasteiger partial charge in [0.05, 0.1) is 31.0 Å². The summed E-state index contributed by atoms with van der Waals surface area (Å²) >= 11 is 5.68. The van der Waals surface area contributed by atoms with Gasteiger partial charge in [-0.1, -0.05) is 24.3 Å². The van der Waals surface area contributed by atoms with Crippen molar-refractivity contribution in [1.29, 1.82) is 0 Å². The van der Waals surface area contributed by atoms with E-state index in [2.05, 4.69) is 10.3 Å². The molecule has 2 heterocycles. The van der Waals surface area contributed by atoms with Gasteiger partial charge >= 0.3 is 0 Å². The summed E-state index contributed by atoms with van der Waals surface area (Å²) in [6.45, 7) is 2.81. The number of hydrogen-bond acceptors (Lipinski definition) is 5. The number of thiocarbonyl (C=S) groups is 1. The second-order valence-electron chi connectivity index (χ2n) is 7.47. The smallest absolute Gasteiger partial charge is 0.256 e. The van der Waals surface area contributed by atoms with Crippen LogP contribution in [0.1, 0.15) is 19.0 Å². The third-order valence-electron chi connectivity index (χ3n) is 5.22. The van der Waals surface area contributed by atoms with E-state index in [1.54, 1.807) is 35.4 Å². The number of benzene rings is 2. The van der Waals surface area contributed by atoms with Gasteiger partial charge in [-0.2, -0.15) is 0 Å². The number of carbonyl (C=O) groups excluding carboxylic acids is 2. The van der Waals surface area contributed by atoms with Crippen LogP contribution in [0, 0.1) is 0 Å². The van der Waals surface area contributed by atoms with Crippen molar-refractivity contribution in [1.82, 2.24) is 9.88 Å². The number of carbonyl (C=O) groups is 2. The minimum absolute atomic E-state index is 0.0393. The highest BCUT2D eigenvalue weighted by atomic mass is 32.1. The van der Waals surface area contributed by atoms with Crippen molar-refractivity contribution in [2.45, 2.75) is 25.9 Å². The summed E-state index contributed by atoms with van der Waals surface area (Å²) in [6.07, 6.45) is 1.65. The van der Waals surface area contributed by atoms with E-state index >= 15 is 0 Å². The van der Waals surface area contributed by atoms with E-state index in [0.29, 0.717) is 29.6 Å². The van der Waals surface area contributed by atoms with Crippen molar-refractivity contribution in [2.75, 3.05) is 16.8 Å². The maximum Gasteiger partial charge on any atom is 0.256 e. The van der Waals surface area contributed by atoms with Crippen LogP contribution in [0.4, 0.5) is 11.4 Å². The molecule has 1 aliphatic rings. The summed E-state index contributed by atoms with van der Waals surface area (Å²) in [4.78, 5) is 33.9. The lowest BCUT2D eigenvalue weighted by molar-refractivity contribution is -0.124. The van der Waals surface area contributed by atoms with Crippen LogP contribution in [0.3, 0.4) is 0 Å². The Hall–Kier alpha value is -3.78. The molecule has 0 aliphatic carbocycles. The van der Waals surface area contributed by atoms with E-state index in [4.69, 9.17) is 17.0 Å². The fourth-order valence-electron chi connectivity index (χ4n) is 3.68. The molecule has 3 aromatic rings. The molecule has 1 fully saturated rings. The van der Waals surface area contributed by atoms with E-state index in [0.717, 1.165) is 11.4 Å². The first-order valence-corrected chi connectivity index (χ1v) is 11.1. The Morgan fingerprint density at radius 1 is 1.06 bits per heavy atom. The molecule has 8 heteroatoms. The van der Waals surface area contributed by atoms with Crippen molar-refractivity contribution >= 4 is 40.5 Å². The first-order valence-electron chi connectivity index (χ1n) is 10.7. The summed E-state index contributed by atoms with van der Waals surface area (Å²) in [5.41, 5.74) is 2.07. The first kappa shape index (κ1) is 22.4. The third-order valence-corrected chi connectivity index (χ3v) is 5.64. The molecule has 1 saturated heterocycles. The molecule has 0 spiro atoms. The van der Waals surface area contributed by atoms with Crippen LogP contribution in [0.25, 0.3) is 0 Å². The molecule has 1 aliphatic heterocycles. The highest BCUT2D eigenvalue weighted by Crippen LogP contribution is 2.28. The van der Waals surface area contributed by atoms with Crippen LogP contribution in [0.5, 0.6) is 5.75 Å². The van der Waals surface area contributed by atoms with Gasteiger partial charge in [0, 0.05) is 11.9 Å². The van der Waals surface area contributed by atoms with Crippen LogP contribution >= 0.6 is 12.2 Å². The zero-order valence-electron chi connectivity index (χ0n) is 18.2. The zero-order chi connectivity index (χ0) is 23.2. The van der Waals surface area contributed by atoms with Gasteiger partial charge in [-0.25, -0.2) is 0 Å². The minimum Gasteiger partial charge on any atom is -0.494 e. The van der Waals surface area contributed by atoms with Crippen molar-refractivity contribution in [3.05, 3.63) is 84.7 Å². The molecule has 0 radical (unpaired) electrons. The van der Waals surface area contributed by atoms with Gasteiger partial charge < -0.3 is 15.0 Å². The van der Waals surface area contributed by atoms with Crippen molar-refractivity contribution in [3.63, 3.8) is 0 Å². The van der Waals surface area contributed by atoms with Crippen molar-refractivity contribution in [2.24, 2.45) is 0 Å². The molecule has 1 aromatic heterocycles.